The number of hydrogen-bond donors (Lipinski definition) is 3. The number of halogens is 2. The Bertz CT molecular complexity index is 618. The summed E-state index contributed by atoms with van der Waals surface area (Å²) in [5.41, 5.74) is 5.42. The van der Waals surface area contributed by atoms with Crippen molar-refractivity contribution in [3.8, 4) is 0 Å². The predicted octanol–water partition coefficient (Wildman–Crippen LogP) is 1.68. The molecule has 19 heavy (non-hydrogen) atoms. The summed E-state index contributed by atoms with van der Waals surface area (Å²) >= 11 is 0.962. The van der Waals surface area contributed by atoms with Crippen molar-refractivity contribution < 1.29 is 18.7 Å². The average molecular weight is 285 g/mol. The molecule has 0 bridgehead atoms. The van der Waals surface area contributed by atoms with Crippen LogP contribution in [-0.2, 0) is 4.79 Å². The van der Waals surface area contributed by atoms with Crippen molar-refractivity contribution in [2.24, 2.45) is 0 Å². The summed E-state index contributed by atoms with van der Waals surface area (Å²) in [5.74, 6) is -2.89. The molecule has 100 valence electrons. The smallest absolute Gasteiger partial charge is 0.258 e. The summed E-state index contributed by atoms with van der Waals surface area (Å²) in [7, 11) is 0. The second-order valence-corrected chi connectivity index (χ2v) is 4.72. The largest absolute Gasteiger partial charge is 0.378 e. The summed E-state index contributed by atoms with van der Waals surface area (Å²) < 4.78 is 25.6. The van der Waals surface area contributed by atoms with Crippen molar-refractivity contribution in [2.75, 3.05) is 11.1 Å². The number of carbonyl (C=O) groups is 1. The number of aliphatic hydroxyl groups is 1. The highest BCUT2D eigenvalue weighted by atomic mass is 32.1. The van der Waals surface area contributed by atoms with Gasteiger partial charge in [-0.25, -0.2) is 13.8 Å². The van der Waals surface area contributed by atoms with Crippen LogP contribution < -0.4 is 11.1 Å². The van der Waals surface area contributed by atoms with Crippen LogP contribution in [0.1, 0.15) is 11.0 Å². The van der Waals surface area contributed by atoms with Gasteiger partial charge in [0, 0.05) is 18.0 Å². The van der Waals surface area contributed by atoms with Crippen molar-refractivity contribution in [3.63, 3.8) is 0 Å². The summed E-state index contributed by atoms with van der Waals surface area (Å²) in [4.78, 5) is 15.6. The van der Waals surface area contributed by atoms with Crippen molar-refractivity contribution >= 4 is 28.1 Å². The van der Waals surface area contributed by atoms with Crippen molar-refractivity contribution in [1.82, 2.24) is 4.98 Å². The van der Waals surface area contributed by atoms with E-state index in [2.05, 4.69) is 10.3 Å². The first-order valence-corrected chi connectivity index (χ1v) is 5.94. The molecule has 4 N–H and O–H groups in total. The average Bonchev–Trinajstić information content (AvgIpc) is 2.79. The van der Waals surface area contributed by atoms with Gasteiger partial charge >= 0.3 is 0 Å². The maximum atomic E-state index is 12.9. The highest BCUT2D eigenvalue weighted by Gasteiger charge is 2.20. The van der Waals surface area contributed by atoms with Gasteiger partial charge in [0.05, 0.1) is 4.88 Å². The topological polar surface area (TPSA) is 88.2 Å². The molecule has 0 spiro atoms. The Labute approximate surface area is 110 Å². The number of rotatable bonds is 3. The maximum Gasteiger partial charge on any atom is 0.258 e. The lowest BCUT2D eigenvalue weighted by atomic mass is 10.2. The Hall–Kier alpha value is -2.06. The number of aliphatic hydroxyl groups excluding tert-OH is 1. The van der Waals surface area contributed by atoms with E-state index >= 15 is 0 Å². The second-order valence-electron chi connectivity index (χ2n) is 3.62. The lowest BCUT2D eigenvalue weighted by Gasteiger charge is -2.09. The molecule has 0 saturated heterocycles. The van der Waals surface area contributed by atoms with Gasteiger partial charge in [0.1, 0.15) is 0 Å². The minimum absolute atomic E-state index is 0.0421. The molecule has 1 atom stereocenters. The Morgan fingerprint density at radius 1 is 1.42 bits per heavy atom. The molecule has 0 radical (unpaired) electrons. The number of thiazole rings is 1. The van der Waals surface area contributed by atoms with Crippen LogP contribution in [0.5, 0.6) is 0 Å². The Balaban J connectivity index is 2.10. The zero-order valence-electron chi connectivity index (χ0n) is 9.43. The van der Waals surface area contributed by atoms with Gasteiger partial charge in [-0.3, -0.25) is 4.79 Å². The number of nitrogens with zero attached hydrogens (tertiary/aromatic N) is 1. The predicted molar refractivity (Wildman–Crippen MR) is 66.5 cm³/mol. The summed E-state index contributed by atoms with van der Waals surface area (Å²) in [6.45, 7) is 0. The molecule has 5 nitrogen and oxygen atoms in total. The molecule has 0 saturated carbocycles. The summed E-state index contributed by atoms with van der Waals surface area (Å²) in [6, 6.07) is 2.88. The van der Waals surface area contributed by atoms with Crippen LogP contribution in [0.15, 0.2) is 24.4 Å². The molecule has 8 heteroatoms. The van der Waals surface area contributed by atoms with Gasteiger partial charge in [0.15, 0.2) is 22.9 Å². The van der Waals surface area contributed by atoms with Crippen LogP contribution in [0.4, 0.5) is 19.6 Å². The molecular formula is C11H9F2N3O2S. The fraction of sp³-hybridized carbons (Fsp3) is 0.0909. The first kappa shape index (κ1) is 13.4. The van der Waals surface area contributed by atoms with Gasteiger partial charge in [-0.05, 0) is 12.1 Å². The molecule has 0 aliphatic carbocycles. The number of carbonyl (C=O) groups excluding carboxylic acids is 1. The van der Waals surface area contributed by atoms with E-state index in [1.807, 2.05) is 0 Å². The van der Waals surface area contributed by atoms with E-state index < -0.39 is 23.6 Å². The second kappa shape index (κ2) is 5.29. The van der Waals surface area contributed by atoms with E-state index in [1.165, 1.54) is 12.3 Å². The quantitative estimate of drug-likeness (QED) is 0.800. The Kier molecular flexibility index (Phi) is 3.72. The molecule has 1 amide bonds. The highest BCUT2D eigenvalue weighted by Crippen LogP contribution is 2.23. The molecule has 0 aliphatic heterocycles. The third-order valence-corrected chi connectivity index (χ3v) is 3.13. The molecular weight excluding hydrogens is 276 g/mol. The van der Waals surface area contributed by atoms with E-state index in [9.17, 15) is 18.7 Å². The van der Waals surface area contributed by atoms with Crippen LogP contribution in [0, 0.1) is 11.6 Å². The fourth-order valence-corrected chi connectivity index (χ4v) is 2.01. The van der Waals surface area contributed by atoms with Crippen LogP contribution in [-0.4, -0.2) is 16.0 Å². The van der Waals surface area contributed by atoms with Crippen molar-refractivity contribution in [1.29, 1.82) is 0 Å². The molecule has 1 unspecified atom stereocenters. The SMILES string of the molecule is Nc1ncc(C(O)C(=O)Nc2ccc(F)c(F)c2)s1. The first-order chi connectivity index (χ1) is 8.97. The van der Waals surface area contributed by atoms with Gasteiger partial charge in [-0.15, -0.1) is 0 Å². The van der Waals surface area contributed by atoms with Gasteiger partial charge in [-0.2, -0.15) is 0 Å². The number of nitrogens with one attached hydrogen (secondary N) is 1. The highest BCUT2D eigenvalue weighted by molar-refractivity contribution is 7.15. The molecule has 2 aromatic rings. The summed E-state index contributed by atoms with van der Waals surface area (Å²) in [6.07, 6.45) is -0.196. The Morgan fingerprint density at radius 2 is 2.16 bits per heavy atom. The standard InChI is InChI=1S/C11H9F2N3O2S/c12-6-2-1-5(3-7(6)13)16-10(18)9(17)8-4-15-11(14)19-8/h1-4,9,17H,(H2,14,15)(H,16,18). The van der Waals surface area contributed by atoms with Crippen molar-refractivity contribution in [3.05, 3.63) is 40.9 Å². The van der Waals surface area contributed by atoms with Gasteiger partial charge < -0.3 is 16.2 Å². The van der Waals surface area contributed by atoms with E-state index in [4.69, 9.17) is 5.73 Å². The third kappa shape index (κ3) is 3.04. The van der Waals surface area contributed by atoms with Gasteiger partial charge in [0.25, 0.3) is 5.91 Å². The van der Waals surface area contributed by atoms with Gasteiger partial charge in [0.2, 0.25) is 0 Å². The monoisotopic (exact) mass is 285 g/mol. The molecule has 1 aromatic carbocycles. The number of nitrogen functional groups attached to an aromatic ring is 1. The van der Waals surface area contributed by atoms with Crippen LogP contribution >= 0.6 is 11.3 Å². The van der Waals surface area contributed by atoms with E-state index in [0.717, 1.165) is 23.5 Å². The number of amides is 1. The van der Waals surface area contributed by atoms with Crippen molar-refractivity contribution in [2.45, 2.75) is 6.10 Å². The maximum absolute atomic E-state index is 12.9. The van der Waals surface area contributed by atoms with Crippen LogP contribution in [0.3, 0.4) is 0 Å². The molecule has 1 aromatic heterocycles. The molecule has 0 aliphatic rings. The summed E-state index contributed by atoms with van der Waals surface area (Å²) in [5, 5.41) is 12.2. The molecule has 0 fully saturated rings. The minimum Gasteiger partial charge on any atom is -0.378 e. The number of benzene rings is 1. The molecule has 2 rings (SSSR count). The van der Waals surface area contributed by atoms with Crippen LogP contribution in [0.2, 0.25) is 0 Å². The number of anilines is 2. The minimum atomic E-state index is -1.47. The molecule has 1 heterocycles. The lowest BCUT2D eigenvalue weighted by molar-refractivity contribution is -0.124. The normalized spacial score (nSPS) is 12.2. The first-order valence-electron chi connectivity index (χ1n) is 5.12. The number of hydrogen-bond acceptors (Lipinski definition) is 5. The van der Waals surface area contributed by atoms with Crippen LogP contribution in [0.25, 0.3) is 0 Å². The van der Waals surface area contributed by atoms with E-state index in [1.54, 1.807) is 0 Å². The number of aromatic nitrogens is 1. The van der Waals surface area contributed by atoms with E-state index in [0.29, 0.717) is 0 Å². The lowest BCUT2D eigenvalue weighted by Crippen LogP contribution is -2.20. The van der Waals surface area contributed by atoms with E-state index in [-0.39, 0.29) is 15.7 Å². The number of nitrogens with two attached hydrogens (primary N) is 1. The van der Waals surface area contributed by atoms with Gasteiger partial charge in [-0.1, -0.05) is 11.3 Å². The zero-order valence-corrected chi connectivity index (χ0v) is 10.2. The zero-order chi connectivity index (χ0) is 14.0. The third-order valence-electron chi connectivity index (χ3n) is 2.25. The fourth-order valence-electron chi connectivity index (χ4n) is 1.34. The Morgan fingerprint density at radius 3 is 2.74 bits per heavy atom.